The van der Waals surface area contributed by atoms with Gasteiger partial charge in [-0.15, -0.1) is 11.3 Å². The Morgan fingerprint density at radius 1 is 1.35 bits per heavy atom. The molecule has 2 rings (SSSR count). The molecule has 0 saturated carbocycles. The maximum Gasteiger partial charge on any atom is 0.134 e. The minimum absolute atomic E-state index is 0.267. The van der Waals surface area contributed by atoms with E-state index in [1.165, 1.54) is 23.5 Å². The molecular weight excluding hydrogens is 237 g/mol. The van der Waals surface area contributed by atoms with Gasteiger partial charge in [-0.2, -0.15) is 0 Å². The van der Waals surface area contributed by atoms with Crippen molar-refractivity contribution >= 4 is 11.3 Å². The van der Waals surface area contributed by atoms with Gasteiger partial charge in [-0.1, -0.05) is 6.07 Å². The molecule has 2 nitrogen and oxygen atoms in total. The quantitative estimate of drug-likeness (QED) is 0.908. The Kier molecular flexibility index (Phi) is 3.45. The van der Waals surface area contributed by atoms with E-state index in [0.717, 1.165) is 21.8 Å². The molecule has 0 bridgehead atoms. The van der Waals surface area contributed by atoms with Crippen LogP contribution in [0.2, 0.25) is 0 Å². The van der Waals surface area contributed by atoms with Gasteiger partial charge in [0.05, 0.1) is 18.0 Å². The number of hydrogen-bond donors (Lipinski definition) is 1. The fraction of sp³-hybridized carbons (Fsp3) is 0.231. The summed E-state index contributed by atoms with van der Waals surface area (Å²) in [4.78, 5) is 0.918. The number of ether oxygens (including phenoxy) is 1. The third kappa shape index (κ3) is 2.33. The predicted octanol–water partition coefficient (Wildman–Crippen LogP) is 3.25. The first kappa shape index (κ1) is 12.1. The van der Waals surface area contributed by atoms with E-state index in [-0.39, 0.29) is 11.9 Å². The van der Waals surface area contributed by atoms with E-state index < -0.39 is 0 Å². The van der Waals surface area contributed by atoms with Gasteiger partial charge in [-0.05, 0) is 41.6 Å². The Balaban J connectivity index is 2.43. The number of benzene rings is 1. The topological polar surface area (TPSA) is 35.2 Å². The summed E-state index contributed by atoms with van der Waals surface area (Å²) >= 11 is 1.52. The van der Waals surface area contributed by atoms with Gasteiger partial charge in [0.1, 0.15) is 11.6 Å². The summed E-state index contributed by atoms with van der Waals surface area (Å²) in [6, 6.07) is 6.19. The molecule has 0 aliphatic carbocycles. The lowest BCUT2D eigenvalue weighted by Gasteiger charge is -2.15. The van der Waals surface area contributed by atoms with Crippen LogP contribution in [-0.4, -0.2) is 7.11 Å². The second-order valence-corrected chi connectivity index (χ2v) is 4.78. The smallest absolute Gasteiger partial charge is 0.134 e. The highest BCUT2D eigenvalue weighted by molar-refractivity contribution is 7.10. The van der Waals surface area contributed by atoms with E-state index in [1.807, 2.05) is 18.4 Å². The van der Waals surface area contributed by atoms with Crippen molar-refractivity contribution < 1.29 is 9.13 Å². The maximum atomic E-state index is 13.2. The van der Waals surface area contributed by atoms with Crippen LogP contribution in [0.4, 0.5) is 4.39 Å². The molecule has 0 saturated heterocycles. The first-order valence-electron chi connectivity index (χ1n) is 5.26. The van der Waals surface area contributed by atoms with Crippen LogP contribution in [0.15, 0.2) is 29.6 Å². The monoisotopic (exact) mass is 251 g/mol. The molecule has 0 radical (unpaired) electrons. The summed E-state index contributed by atoms with van der Waals surface area (Å²) in [6.07, 6.45) is 0. The molecule has 2 N–H and O–H groups in total. The fourth-order valence-corrected chi connectivity index (χ4v) is 2.67. The van der Waals surface area contributed by atoms with Crippen molar-refractivity contribution in [3.8, 4) is 5.75 Å². The molecule has 0 aliphatic heterocycles. The number of hydrogen-bond acceptors (Lipinski definition) is 3. The predicted molar refractivity (Wildman–Crippen MR) is 68.0 cm³/mol. The standard InChI is InChI=1S/C13H14FNOS/c1-8-3-4-9(14)7-10(8)12(15)13-11(16-2)5-6-17-13/h3-7,12H,15H2,1-2H3. The number of halogens is 1. The van der Waals surface area contributed by atoms with Crippen molar-refractivity contribution in [2.45, 2.75) is 13.0 Å². The molecule has 90 valence electrons. The van der Waals surface area contributed by atoms with Gasteiger partial charge in [0.2, 0.25) is 0 Å². The summed E-state index contributed by atoms with van der Waals surface area (Å²) in [5.74, 6) is 0.489. The highest BCUT2D eigenvalue weighted by Crippen LogP contribution is 2.34. The third-order valence-electron chi connectivity index (χ3n) is 2.74. The highest BCUT2D eigenvalue weighted by Gasteiger charge is 2.17. The summed E-state index contributed by atoms with van der Waals surface area (Å²) in [5.41, 5.74) is 7.95. The second-order valence-electron chi connectivity index (χ2n) is 3.83. The number of nitrogens with two attached hydrogens (primary N) is 1. The average Bonchev–Trinajstić information content (AvgIpc) is 2.79. The minimum Gasteiger partial charge on any atom is -0.496 e. The first-order chi connectivity index (χ1) is 8.13. The van der Waals surface area contributed by atoms with Crippen molar-refractivity contribution in [2.75, 3.05) is 7.11 Å². The van der Waals surface area contributed by atoms with Crippen LogP contribution >= 0.6 is 11.3 Å². The summed E-state index contributed by atoms with van der Waals surface area (Å²) in [5, 5.41) is 1.92. The normalized spacial score (nSPS) is 12.5. The molecule has 1 aromatic heterocycles. The molecule has 0 amide bonds. The summed E-state index contributed by atoms with van der Waals surface area (Å²) < 4.78 is 18.5. The molecule has 17 heavy (non-hydrogen) atoms. The molecular formula is C13H14FNOS. The lowest BCUT2D eigenvalue weighted by molar-refractivity contribution is 0.410. The molecule has 1 unspecified atom stereocenters. The molecule has 0 aliphatic rings. The Morgan fingerprint density at radius 2 is 2.12 bits per heavy atom. The van der Waals surface area contributed by atoms with E-state index in [9.17, 15) is 4.39 Å². The Morgan fingerprint density at radius 3 is 2.82 bits per heavy atom. The minimum atomic E-state index is -0.347. The van der Waals surface area contributed by atoms with Crippen LogP contribution < -0.4 is 10.5 Å². The van der Waals surface area contributed by atoms with E-state index in [1.54, 1.807) is 13.2 Å². The molecule has 0 fully saturated rings. The van der Waals surface area contributed by atoms with Gasteiger partial charge in [0.15, 0.2) is 0 Å². The number of thiophene rings is 1. The number of aryl methyl sites for hydroxylation is 1. The van der Waals surface area contributed by atoms with Crippen molar-refractivity contribution in [3.63, 3.8) is 0 Å². The lowest BCUT2D eigenvalue weighted by Crippen LogP contribution is -2.13. The van der Waals surface area contributed by atoms with Gasteiger partial charge in [-0.25, -0.2) is 4.39 Å². The molecule has 4 heteroatoms. The van der Waals surface area contributed by atoms with Gasteiger partial charge < -0.3 is 10.5 Å². The zero-order chi connectivity index (χ0) is 12.4. The van der Waals surface area contributed by atoms with Gasteiger partial charge >= 0.3 is 0 Å². The van der Waals surface area contributed by atoms with Crippen molar-refractivity contribution in [2.24, 2.45) is 5.73 Å². The largest absolute Gasteiger partial charge is 0.496 e. The summed E-state index contributed by atoms with van der Waals surface area (Å²) in [7, 11) is 1.61. The van der Waals surface area contributed by atoms with Crippen LogP contribution in [0.25, 0.3) is 0 Å². The molecule has 1 aromatic carbocycles. The van der Waals surface area contributed by atoms with Crippen molar-refractivity contribution in [1.29, 1.82) is 0 Å². The average molecular weight is 251 g/mol. The summed E-state index contributed by atoms with van der Waals surface area (Å²) in [6.45, 7) is 1.93. The molecule has 1 atom stereocenters. The van der Waals surface area contributed by atoms with Crippen LogP contribution in [0.3, 0.4) is 0 Å². The third-order valence-corrected chi connectivity index (χ3v) is 3.72. The van der Waals surface area contributed by atoms with E-state index in [2.05, 4.69) is 0 Å². The highest BCUT2D eigenvalue weighted by atomic mass is 32.1. The molecule has 0 spiro atoms. The van der Waals surface area contributed by atoms with E-state index >= 15 is 0 Å². The van der Waals surface area contributed by atoms with Crippen molar-refractivity contribution in [1.82, 2.24) is 0 Å². The Labute approximate surface area is 104 Å². The number of methoxy groups -OCH3 is 1. The van der Waals surface area contributed by atoms with Crippen LogP contribution in [0, 0.1) is 12.7 Å². The van der Waals surface area contributed by atoms with E-state index in [4.69, 9.17) is 10.5 Å². The SMILES string of the molecule is COc1ccsc1C(N)c1cc(F)ccc1C. The van der Waals surface area contributed by atoms with Gasteiger partial charge in [0, 0.05) is 0 Å². The van der Waals surface area contributed by atoms with Gasteiger partial charge in [0.25, 0.3) is 0 Å². The first-order valence-corrected chi connectivity index (χ1v) is 6.14. The second kappa shape index (κ2) is 4.85. The lowest BCUT2D eigenvalue weighted by atomic mass is 10.0. The zero-order valence-corrected chi connectivity index (χ0v) is 10.6. The number of rotatable bonds is 3. The maximum absolute atomic E-state index is 13.2. The van der Waals surface area contributed by atoms with Crippen LogP contribution in [0.5, 0.6) is 5.75 Å². The molecule has 2 aromatic rings. The Hall–Kier alpha value is -1.39. The van der Waals surface area contributed by atoms with Crippen molar-refractivity contribution in [3.05, 3.63) is 51.5 Å². The molecule has 1 heterocycles. The van der Waals surface area contributed by atoms with Crippen LogP contribution in [-0.2, 0) is 0 Å². The van der Waals surface area contributed by atoms with Crippen LogP contribution in [0.1, 0.15) is 22.0 Å². The van der Waals surface area contributed by atoms with E-state index in [0.29, 0.717) is 0 Å². The fourth-order valence-electron chi connectivity index (χ4n) is 1.79. The zero-order valence-electron chi connectivity index (χ0n) is 9.74. The Bertz CT molecular complexity index is 524. The van der Waals surface area contributed by atoms with Gasteiger partial charge in [-0.3, -0.25) is 0 Å².